The fourth-order valence-electron chi connectivity index (χ4n) is 2.63. The molecule has 116 valence electrons. The van der Waals surface area contributed by atoms with E-state index in [9.17, 15) is 9.90 Å². The van der Waals surface area contributed by atoms with Crippen molar-refractivity contribution in [3.63, 3.8) is 0 Å². The minimum atomic E-state index is -0.707. The number of hydrogen-bond donors (Lipinski definition) is 1. The highest BCUT2D eigenvalue weighted by molar-refractivity contribution is 5.73. The number of hydrogen-bond acceptors (Lipinski definition) is 3. The smallest absolute Gasteiger partial charge is 0.320 e. The van der Waals surface area contributed by atoms with E-state index in [4.69, 9.17) is 4.74 Å². The number of carboxylic acids is 1. The summed E-state index contributed by atoms with van der Waals surface area (Å²) in [5, 5.41) is 9.19. The molecule has 0 bridgehead atoms. The Kier molecular flexibility index (Phi) is 5.62. The summed E-state index contributed by atoms with van der Waals surface area (Å²) in [6.45, 7) is 6.67. The Morgan fingerprint density at radius 2 is 2.10 bits per heavy atom. The molecule has 2 rings (SSSR count). The molecule has 1 aliphatic heterocycles. The van der Waals surface area contributed by atoms with Gasteiger partial charge in [-0.1, -0.05) is 26.0 Å². The van der Waals surface area contributed by atoms with Crippen LogP contribution in [0.15, 0.2) is 24.3 Å². The first-order valence-corrected chi connectivity index (χ1v) is 7.75. The summed E-state index contributed by atoms with van der Waals surface area (Å²) < 4.78 is 5.69. The van der Waals surface area contributed by atoms with E-state index in [1.54, 1.807) is 0 Å². The highest BCUT2D eigenvalue weighted by Crippen LogP contribution is 2.21. The molecule has 1 aromatic carbocycles. The predicted molar refractivity (Wildman–Crippen MR) is 82.5 cm³/mol. The average Bonchev–Trinajstić information content (AvgIpc) is 2.89. The molecule has 0 radical (unpaired) electrons. The SMILES string of the molecule is CC(C)CCOc1ccc(CN2CCC[C@@H]2C(=O)O)cc1. The van der Waals surface area contributed by atoms with Gasteiger partial charge in [0.2, 0.25) is 0 Å². The van der Waals surface area contributed by atoms with Gasteiger partial charge >= 0.3 is 5.97 Å². The third-order valence-electron chi connectivity index (χ3n) is 3.92. The molecule has 1 aliphatic rings. The van der Waals surface area contributed by atoms with Crippen LogP contribution in [0.25, 0.3) is 0 Å². The first-order chi connectivity index (χ1) is 10.1. The second kappa shape index (κ2) is 7.46. The van der Waals surface area contributed by atoms with Gasteiger partial charge in [-0.25, -0.2) is 0 Å². The first kappa shape index (κ1) is 15.8. The van der Waals surface area contributed by atoms with Crippen molar-refractivity contribution in [3.05, 3.63) is 29.8 Å². The minimum Gasteiger partial charge on any atom is -0.494 e. The van der Waals surface area contributed by atoms with Crippen LogP contribution in [0.1, 0.15) is 38.7 Å². The van der Waals surface area contributed by atoms with Crippen LogP contribution < -0.4 is 4.74 Å². The standard InChI is InChI=1S/C17H25NO3/c1-13(2)9-11-21-15-7-5-14(6-8-15)12-18-10-3-4-16(18)17(19)20/h5-8,13,16H,3-4,9-12H2,1-2H3,(H,19,20)/t16-/m1/s1. The molecule has 1 saturated heterocycles. The maximum absolute atomic E-state index is 11.2. The van der Waals surface area contributed by atoms with Gasteiger partial charge in [-0.05, 0) is 49.4 Å². The summed E-state index contributed by atoms with van der Waals surface area (Å²) in [5.41, 5.74) is 1.14. The number of benzene rings is 1. The van der Waals surface area contributed by atoms with Crippen molar-refractivity contribution in [2.45, 2.75) is 45.7 Å². The van der Waals surface area contributed by atoms with Gasteiger partial charge in [0.25, 0.3) is 0 Å². The van der Waals surface area contributed by atoms with Crippen LogP contribution in [0.5, 0.6) is 5.75 Å². The van der Waals surface area contributed by atoms with Gasteiger partial charge < -0.3 is 9.84 Å². The van der Waals surface area contributed by atoms with E-state index in [-0.39, 0.29) is 6.04 Å². The van der Waals surface area contributed by atoms with Crippen molar-refractivity contribution in [3.8, 4) is 5.75 Å². The van der Waals surface area contributed by atoms with Crippen molar-refractivity contribution >= 4 is 5.97 Å². The molecule has 0 unspecified atom stereocenters. The van der Waals surface area contributed by atoms with Gasteiger partial charge in [-0.2, -0.15) is 0 Å². The van der Waals surface area contributed by atoms with Crippen molar-refractivity contribution in [1.29, 1.82) is 0 Å². The number of ether oxygens (including phenoxy) is 1. The fourth-order valence-corrected chi connectivity index (χ4v) is 2.63. The summed E-state index contributed by atoms with van der Waals surface area (Å²) in [6, 6.07) is 7.68. The Morgan fingerprint density at radius 3 is 2.71 bits per heavy atom. The fraction of sp³-hybridized carbons (Fsp3) is 0.588. The van der Waals surface area contributed by atoms with E-state index in [0.29, 0.717) is 12.5 Å². The van der Waals surface area contributed by atoms with Crippen LogP contribution in [0.2, 0.25) is 0 Å². The third-order valence-corrected chi connectivity index (χ3v) is 3.92. The Labute approximate surface area is 126 Å². The van der Waals surface area contributed by atoms with Crippen LogP contribution in [0, 0.1) is 5.92 Å². The zero-order valence-electron chi connectivity index (χ0n) is 12.9. The molecule has 1 aromatic rings. The lowest BCUT2D eigenvalue weighted by Gasteiger charge is -2.21. The number of carboxylic acid groups (broad SMARTS) is 1. The molecule has 0 saturated carbocycles. The summed E-state index contributed by atoms with van der Waals surface area (Å²) in [7, 11) is 0. The summed E-state index contributed by atoms with van der Waals surface area (Å²) >= 11 is 0. The number of rotatable bonds is 7. The van der Waals surface area contributed by atoms with Crippen molar-refractivity contribution in [1.82, 2.24) is 4.90 Å². The quantitative estimate of drug-likeness (QED) is 0.838. The third kappa shape index (κ3) is 4.74. The molecule has 4 nitrogen and oxygen atoms in total. The second-order valence-corrected chi connectivity index (χ2v) is 6.14. The molecule has 21 heavy (non-hydrogen) atoms. The molecular formula is C17H25NO3. The van der Waals surface area contributed by atoms with Crippen molar-refractivity contribution in [2.24, 2.45) is 5.92 Å². The first-order valence-electron chi connectivity index (χ1n) is 7.75. The lowest BCUT2D eigenvalue weighted by atomic mass is 10.1. The Balaban J connectivity index is 1.86. The van der Waals surface area contributed by atoms with Gasteiger partial charge in [-0.15, -0.1) is 0 Å². The molecule has 1 fully saturated rings. The second-order valence-electron chi connectivity index (χ2n) is 6.14. The van der Waals surface area contributed by atoms with Crippen LogP contribution in [0.3, 0.4) is 0 Å². The van der Waals surface area contributed by atoms with E-state index in [2.05, 4.69) is 13.8 Å². The average molecular weight is 291 g/mol. The lowest BCUT2D eigenvalue weighted by Crippen LogP contribution is -2.35. The van der Waals surface area contributed by atoms with Gasteiger partial charge in [0.05, 0.1) is 6.61 Å². The van der Waals surface area contributed by atoms with E-state index < -0.39 is 5.97 Å². The normalized spacial score (nSPS) is 19.1. The molecule has 1 atom stereocenters. The molecule has 0 spiro atoms. The highest BCUT2D eigenvalue weighted by atomic mass is 16.5. The van der Waals surface area contributed by atoms with Crippen molar-refractivity contribution < 1.29 is 14.6 Å². The van der Waals surface area contributed by atoms with Crippen LogP contribution in [0.4, 0.5) is 0 Å². The lowest BCUT2D eigenvalue weighted by molar-refractivity contribution is -0.142. The summed E-state index contributed by atoms with van der Waals surface area (Å²) in [4.78, 5) is 13.2. The van der Waals surface area contributed by atoms with Crippen LogP contribution in [-0.4, -0.2) is 35.2 Å². The van der Waals surface area contributed by atoms with Gasteiger partial charge in [0.1, 0.15) is 11.8 Å². The summed E-state index contributed by atoms with van der Waals surface area (Å²) in [6.07, 6.45) is 2.77. The number of likely N-dealkylation sites (tertiary alicyclic amines) is 1. The monoisotopic (exact) mass is 291 g/mol. The molecule has 0 amide bonds. The molecule has 0 aliphatic carbocycles. The Morgan fingerprint density at radius 1 is 1.38 bits per heavy atom. The molecule has 4 heteroatoms. The largest absolute Gasteiger partial charge is 0.494 e. The van der Waals surface area contributed by atoms with Gasteiger partial charge in [0.15, 0.2) is 0 Å². The molecule has 1 N–H and O–H groups in total. The zero-order valence-corrected chi connectivity index (χ0v) is 12.9. The molecule has 0 aromatic heterocycles. The van der Waals surface area contributed by atoms with Gasteiger partial charge in [-0.3, -0.25) is 9.69 Å². The molecule has 1 heterocycles. The molecular weight excluding hydrogens is 266 g/mol. The maximum atomic E-state index is 11.2. The topological polar surface area (TPSA) is 49.8 Å². The predicted octanol–water partition coefficient (Wildman–Crippen LogP) is 3.16. The van der Waals surface area contributed by atoms with Crippen molar-refractivity contribution in [2.75, 3.05) is 13.2 Å². The number of aliphatic carboxylic acids is 1. The van der Waals surface area contributed by atoms with Crippen LogP contribution in [-0.2, 0) is 11.3 Å². The van der Waals surface area contributed by atoms with E-state index >= 15 is 0 Å². The number of nitrogens with zero attached hydrogens (tertiary/aromatic N) is 1. The summed E-state index contributed by atoms with van der Waals surface area (Å²) in [5.74, 6) is 0.823. The Bertz CT molecular complexity index is 456. The Hall–Kier alpha value is -1.55. The zero-order chi connectivity index (χ0) is 15.2. The van der Waals surface area contributed by atoms with E-state index in [1.165, 1.54) is 0 Å². The number of carbonyl (C=O) groups is 1. The highest BCUT2D eigenvalue weighted by Gasteiger charge is 2.30. The maximum Gasteiger partial charge on any atom is 0.320 e. The van der Waals surface area contributed by atoms with E-state index in [1.807, 2.05) is 29.2 Å². The van der Waals surface area contributed by atoms with E-state index in [0.717, 1.165) is 43.7 Å². The van der Waals surface area contributed by atoms with Gasteiger partial charge in [0, 0.05) is 6.54 Å². The van der Waals surface area contributed by atoms with Crippen LogP contribution >= 0.6 is 0 Å². The minimum absolute atomic E-state index is 0.327.